The number of para-hydroxylation sites is 4. The number of rotatable bonds is 10. The molecule has 0 N–H and O–H groups in total. The third-order valence-corrected chi connectivity index (χ3v) is 23.6. The fourth-order valence-electron chi connectivity index (χ4n) is 18.4. The van der Waals surface area contributed by atoms with E-state index in [1.54, 1.807) is 0 Å². The number of hydrogen-bond donors (Lipinski definition) is 0. The lowest BCUT2D eigenvalue weighted by molar-refractivity contribution is 0.590. The number of nitrogens with zero attached hydrogens (tertiary/aromatic N) is 3. The highest BCUT2D eigenvalue weighted by atomic mass is 16.3. The van der Waals surface area contributed by atoms with Crippen molar-refractivity contribution in [2.24, 2.45) is 0 Å². The Morgan fingerprint density at radius 3 is 1.05 bits per heavy atom. The topological polar surface area (TPSA) is 24.6 Å². The van der Waals surface area contributed by atoms with Gasteiger partial charge in [0.25, 0.3) is 6.71 Å². The molecule has 0 amide bonds. The first-order chi connectivity index (χ1) is 54.4. The number of benzene rings is 17. The second-order valence-electron chi connectivity index (χ2n) is 32.2. The Hall–Kier alpha value is -13.5. The summed E-state index contributed by atoms with van der Waals surface area (Å²) >= 11 is 0. The van der Waals surface area contributed by atoms with Gasteiger partial charge in [0.2, 0.25) is 0 Å². The summed E-state index contributed by atoms with van der Waals surface area (Å²) < 4.78 is 9.61. The molecule has 0 saturated carbocycles. The van der Waals surface area contributed by atoms with Gasteiger partial charge in [0.05, 0.1) is 28.1 Å². The second kappa shape index (κ2) is 25.6. The number of furan rings is 1. The van der Waals surface area contributed by atoms with E-state index in [0.29, 0.717) is 0 Å². The molecule has 0 aliphatic carbocycles. The molecule has 17 aromatic carbocycles. The lowest BCUT2D eigenvalue weighted by Crippen LogP contribution is -2.61. The van der Waals surface area contributed by atoms with Crippen molar-refractivity contribution in [3.63, 3.8) is 0 Å². The van der Waals surface area contributed by atoms with Crippen LogP contribution in [0.15, 0.2) is 368 Å². The van der Waals surface area contributed by atoms with Gasteiger partial charge in [-0.3, -0.25) is 0 Å². The van der Waals surface area contributed by atoms with Crippen LogP contribution in [-0.4, -0.2) is 11.3 Å². The summed E-state index contributed by atoms with van der Waals surface area (Å²) in [5.41, 5.74) is 33.2. The predicted octanol–water partition coefficient (Wildman–Crippen LogP) is 27.3. The van der Waals surface area contributed by atoms with Gasteiger partial charge in [-0.15, -0.1) is 0 Å². The molecule has 0 atom stereocenters. The maximum atomic E-state index is 7.06. The molecule has 0 saturated heterocycles. The quantitative estimate of drug-likeness (QED) is 0.101. The van der Waals surface area contributed by atoms with Crippen LogP contribution in [-0.2, 0) is 10.8 Å². The largest absolute Gasteiger partial charge is 0.455 e. The summed E-state index contributed by atoms with van der Waals surface area (Å²) in [6.45, 7) is 13.8. The standard InChI is InChI=1S/C106H78BN3O/c1-105(2,3)74-61-86(67-33-12-7-13-34-67)102(87(62-74)68-35-14-8-15-36-68)109-94-59-72(77-50-32-51-85-80-45-28-31-54-98(80)111-104(77)85)55-57-90(94)107-91-58-56-73(100-83-48-24-22-46-81(83)99(71-41-20-11-21-42-71)82-47-23-25-49-84(82)100)60-95(91)110(97-66-76(65-96(109)101(97)107)108-92-52-29-26-43-78(92)79-44-27-30-53-93(79)108)103-88(69-37-16-9-17-38-69)63-75(106(4,5)6)64-89(103)70-39-18-10-19-40-70/h7-66H,1-6H3. The fourth-order valence-corrected chi connectivity index (χ4v) is 18.4. The molecule has 21 rings (SSSR count). The summed E-state index contributed by atoms with van der Waals surface area (Å²) in [5, 5.41) is 9.40. The van der Waals surface area contributed by atoms with Gasteiger partial charge in [-0.25, -0.2) is 0 Å². The van der Waals surface area contributed by atoms with E-state index < -0.39 is 0 Å². The average molecular weight is 1420 g/mol. The Balaban J connectivity index is 0.974. The van der Waals surface area contributed by atoms with Crippen molar-refractivity contribution in [3.05, 3.63) is 375 Å². The Kier molecular flexibility index (Phi) is 15.2. The summed E-state index contributed by atoms with van der Waals surface area (Å²) in [6.07, 6.45) is 0. The molecule has 19 aromatic rings. The second-order valence-corrected chi connectivity index (χ2v) is 32.2. The van der Waals surface area contributed by atoms with Crippen LogP contribution >= 0.6 is 0 Å². The predicted molar refractivity (Wildman–Crippen MR) is 473 cm³/mol. The van der Waals surface area contributed by atoms with E-state index >= 15 is 0 Å². The summed E-state index contributed by atoms with van der Waals surface area (Å²) in [5.74, 6) is 0. The SMILES string of the molecule is CC(C)(C)c1cc(-c2ccccc2)c(N2c3cc(-c4c5ccccc5c(-c5ccccc5)c5ccccc45)ccc3B3c4ccc(-c5cccc6c5oc5ccccc56)cc4N(c4c(-c5ccccc5)cc(C(C)(C)C)cc4-c4ccccc4)c4cc(-n5c6ccccc6c6ccccc65)cc2c43)c(-c2ccccc2)c1. The lowest BCUT2D eigenvalue weighted by Gasteiger charge is -2.46. The van der Waals surface area contributed by atoms with Crippen molar-refractivity contribution < 1.29 is 4.42 Å². The highest BCUT2D eigenvalue weighted by Gasteiger charge is 2.47. The van der Waals surface area contributed by atoms with Gasteiger partial charge in [0, 0.05) is 72.1 Å². The molecule has 526 valence electrons. The minimum atomic E-state index is -0.317. The Morgan fingerprint density at radius 1 is 0.261 bits per heavy atom. The van der Waals surface area contributed by atoms with E-state index in [-0.39, 0.29) is 17.5 Å². The monoisotopic (exact) mass is 1420 g/mol. The molecule has 2 aromatic heterocycles. The highest BCUT2D eigenvalue weighted by molar-refractivity contribution is 7.00. The minimum absolute atomic E-state index is 0.231. The third-order valence-electron chi connectivity index (χ3n) is 23.6. The molecule has 111 heavy (non-hydrogen) atoms. The zero-order valence-corrected chi connectivity index (χ0v) is 63.0. The molecular formula is C106H78BN3O. The number of fused-ring (bicyclic) bond motifs is 12. The normalized spacial score (nSPS) is 12.7. The van der Waals surface area contributed by atoms with Crippen LogP contribution < -0.4 is 26.2 Å². The van der Waals surface area contributed by atoms with Gasteiger partial charge in [-0.1, -0.05) is 339 Å². The Bertz CT molecular complexity index is 6730. The van der Waals surface area contributed by atoms with Crippen LogP contribution in [0.5, 0.6) is 0 Å². The van der Waals surface area contributed by atoms with E-state index in [2.05, 4.69) is 420 Å². The fraction of sp³-hybridized carbons (Fsp3) is 0.0755. The van der Waals surface area contributed by atoms with Crippen LogP contribution in [0.3, 0.4) is 0 Å². The first kappa shape index (κ1) is 65.8. The molecule has 2 aliphatic rings. The van der Waals surface area contributed by atoms with Gasteiger partial charge in [-0.2, -0.15) is 0 Å². The van der Waals surface area contributed by atoms with Gasteiger partial charge in [-0.05, 0) is 177 Å². The first-order valence-corrected chi connectivity index (χ1v) is 38.9. The zero-order chi connectivity index (χ0) is 74.4. The molecule has 0 bridgehead atoms. The van der Waals surface area contributed by atoms with E-state index in [1.165, 1.54) is 76.5 Å². The van der Waals surface area contributed by atoms with Gasteiger partial charge < -0.3 is 18.8 Å². The maximum Gasteiger partial charge on any atom is 0.252 e. The smallest absolute Gasteiger partial charge is 0.252 e. The zero-order valence-electron chi connectivity index (χ0n) is 63.0. The van der Waals surface area contributed by atoms with Crippen molar-refractivity contribution in [1.29, 1.82) is 0 Å². The van der Waals surface area contributed by atoms with Gasteiger partial charge in [0.15, 0.2) is 0 Å². The van der Waals surface area contributed by atoms with Crippen LogP contribution in [0.1, 0.15) is 52.7 Å². The average Bonchev–Trinajstić information content (AvgIpc) is 1.31. The number of hydrogen-bond acceptors (Lipinski definition) is 3. The summed E-state index contributed by atoms with van der Waals surface area (Å²) in [4.78, 5) is 5.45. The van der Waals surface area contributed by atoms with Crippen molar-refractivity contribution >= 4 is 123 Å². The molecular weight excluding hydrogens is 1340 g/mol. The molecule has 4 nitrogen and oxygen atoms in total. The lowest BCUT2D eigenvalue weighted by atomic mass is 9.33. The van der Waals surface area contributed by atoms with E-state index in [4.69, 9.17) is 4.42 Å². The van der Waals surface area contributed by atoms with E-state index in [0.717, 1.165) is 134 Å². The number of anilines is 6. The molecule has 5 heteroatoms. The van der Waals surface area contributed by atoms with Crippen LogP contribution in [0.4, 0.5) is 34.1 Å². The van der Waals surface area contributed by atoms with Crippen molar-refractivity contribution in [1.82, 2.24) is 4.57 Å². The van der Waals surface area contributed by atoms with Gasteiger partial charge in [0.1, 0.15) is 11.2 Å². The summed E-state index contributed by atoms with van der Waals surface area (Å²) in [7, 11) is 0. The molecule has 0 radical (unpaired) electrons. The van der Waals surface area contributed by atoms with Crippen LogP contribution in [0.25, 0.3) is 149 Å². The third kappa shape index (κ3) is 10.6. The van der Waals surface area contributed by atoms with Crippen molar-refractivity contribution in [3.8, 4) is 83.6 Å². The van der Waals surface area contributed by atoms with Crippen molar-refractivity contribution in [2.45, 2.75) is 52.4 Å². The summed E-state index contributed by atoms with van der Waals surface area (Å²) in [6, 6.07) is 137. The molecule has 0 fully saturated rings. The van der Waals surface area contributed by atoms with E-state index in [9.17, 15) is 0 Å². The highest BCUT2D eigenvalue weighted by Crippen LogP contribution is 2.57. The molecule has 0 unspecified atom stereocenters. The van der Waals surface area contributed by atoms with Crippen molar-refractivity contribution in [2.75, 3.05) is 9.80 Å². The Morgan fingerprint density at radius 2 is 0.613 bits per heavy atom. The minimum Gasteiger partial charge on any atom is -0.455 e. The number of aromatic nitrogens is 1. The molecule has 4 heterocycles. The van der Waals surface area contributed by atoms with Crippen LogP contribution in [0, 0.1) is 0 Å². The maximum absolute atomic E-state index is 7.06. The van der Waals surface area contributed by atoms with Gasteiger partial charge >= 0.3 is 0 Å². The molecule has 2 aliphatic heterocycles. The molecule has 0 spiro atoms. The van der Waals surface area contributed by atoms with Crippen LogP contribution in [0.2, 0.25) is 0 Å². The first-order valence-electron chi connectivity index (χ1n) is 38.9. The Labute approximate surface area is 648 Å². The van der Waals surface area contributed by atoms with E-state index in [1.807, 2.05) is 0 Å².